The van der Waals surface area contributed by atoms with Crippen molar-refractivity contribution in [3.63, 3.8) is 0 Å². The van der Waals surface area contributed by atoms with Crippen molar-refractivity contribution in [2.24, 2.45) is 0 Å². The van der Waals surface area contributed by atoms with Crippen molar-refractivity contribution in [2.75, 3.05) is 26.2 Å². The van der Waals surface area contributed by atoms with Crippen LogP contribution < -0.4 is 0 Å². The molecule has 1 aliphatic rings. The quantitative estimate of drug-likeness (QED) is 0.627. The van der Waals surface area contributed by atoms with Crippen molar-refractivity contribution in [3.8, 4) is 17.5 Å². The van der Waals surface area contributed by atoms with Crippen LogP contribution in [0, 0.1) is 11.3 Å². The first-order chi connectivity index (χ1) is 14.5. The van der Waals surface area contributed by atoms with Gasteiger partial charge in [-0.3, -0.25) is 4.79 Å². The maximum Gasteiger partial charge on any atom is 0.253 e. The number of carbonyl (C=O) groups excluding carboxylic acids is 1. The molecule has 152 valence electrons. The largest absolute Gasteiger partial charge is 0.423 e. The van der Waals surface area contributed by atoms with Crippen molar-refractivity contribution < 1.29 is 17.6 Å². The highest BCUT2D eigenvalue weighted by atomic mass is 32.2. The number of hydrogen-bond donors (Lipinski definition) is 0. The molecule has 0 N–H and O–H groups in total. The van der Waals surface area contributed by atoms with Crippen LogP contribution in [0.5, 0.6) is 0 Å². The molecule has 0 bridgehead atoms. The summed E-state index contributed by atoms with van der Waals surface area (Å²) in [5, 5.41) is 16.3. The number of rotatable bonds is 4. The second-order valence-electron chi connectivity index (χ2n) is 6.65. The van der Waals surface area contributed by atoms with Crippen LogP contribution in [0.4, 0.5) is 0 Å². The Morgan fingerprint density at radius 2 is 1.67 bits per heavy atom. The first kappa shape index (κ1) is 19.8. The average Bonchev–Trinajstić information content (AvgIpc) is 3.34. The maximum atomic E-state index is 12.8. The minimum atomic E-state index is -3.67. The molecule has 0 unspecified atom stereocenters. The van der Waals surface area contributed by atoms with Gasteiger partial charge in [-0.1, -0.05) is 0 Å². The Bertz CT molecular complexity index is 1180. The second-order valence-corrected chi connectivity index (χ2v) is 8.59. The summed E-state index contributed by atoms with van der Waals surface area (Å²) in [6.07, 6.45) is 1.24. The summed E-state index contributed by atoms with van der Waals surface area (Å²) in [5.41, 5.74) is 1.61. The summed E-state index contributed by atoms with van der Waals surface area (Å²) in [6, 6.07) is 14.6. The first-order valence-corrected chi connectivity index (χ1v) is 10.6. The van der Waals surface area contributed by atoms with Gasteiger partial charge in [0.1, 0.15) is 0 Å². The monoisotopic (exact) mass is 423 g/mol. The normalized spacial score (nSPS) is 15.0. The van der Waals surface area contributed by atoms with Crippen LogP contribution >= 0.6 is 0 Å². The van der Waals surface area contributed by atoms with Gasteiger partial charge in [0.25, 0.3) is 5.91 Å². The van der Waals surface area contributed by atoms with E-state index in [0.717, 1.165) is 0 Å². The van der Waals surface area contributed by atoms with E-state index in [4.69, 9.17) is 9.68 Å². The van der Waals surface area contributed by atoms with E-state index in [2.05, 4.69) is 10.2 Å². The van der Waals surface area contributed by atoms with E-state index < -0.39 is 10.0 Å². The zero-order valence-corrected chi connectivity index (χ0v) is 16.6. The molecular weight excluding hydrogens is 406 g/mol. The van der Waals surface area contributed by atoms with E-state index in [1.807, 2.05) is 6.07 Å². The van der Waals surface area contributed by atoms with Crippen molar-refractivity contribution in [3.05, 3.63) is 66.1 Å². The number of piperazine rings is 1. The summed E-state index contributed by atoms with van der Waals surface area (Å²) in [6.45, 7) is 0.988. The molecule has 1 amide bonds. The predicted octanol–water partition coefficient (Wildman–Crippen LogP) is 1.75. The standard InChI is InChI=1S/C20H17N5O4S/c21-13-15-1-7-18(8-2-15)30(27,28)25-11-9-24(10-12-25)20(26)17-5-3-16(4-6-17)19-23-22-14-29-19/h1-8,14H,9-12H2. The number of hydrogen-bond acceptors (Lipinski definition) is 7. The molecule has 0 atom stereocenters. The van der Waals surface area contributed by atoms with E-state index in [1.54, 1.807) is 29.2 Å². The van der Waals surface area contributed by atoms with Crippen LogP contribution in [0.25, 0.3) is 11.5 Å². The molecule has 4 rings (SSSR count). The Morgan fingerprint density at radius 3 is 2.23 bits per heavy atom. The lowest BCUT2D eigenvalue weighted by atomic mass is 10.1. The molecule has 1 aromatic heterocycles. The molecule has 1 saturated heterocycles. The Hall–Kier alpha value is -3.55. The van der Waals surface area contributed by atoms with Gasteiger partial charge in [-0.15, -0.1) is 10.2 Å². The van der Waals surface area contributed by atoms with E-state index >= 15 is 0 Å². The molecule has 0 spiro atoms. The van der Waals surface area contributed by atoms with Gasteiger partial charge < -0.3 is 9.32 Å². The zero-order valence-electron chi connectivity index (χ0n) is 15.8. The lowest BCUT2D eigenvalue weighted by molar-refractivity contribution is 0.0698. The van der Waals surface area contributed by atoms with Crippen molar-refractivity contribution in [1.29, 1.82) is 5.26 Å². The summed E-state index contributed by atoms with van der Waals surface area (Å²) >= 11 is 0. The number of carbonyl (C=O) groups is 1. The molecule has 0 aliphatic carbocycles. The lowest BCUT2D eigenvalue weighted by Gasteiger charge is -2.34. The van der Waals surface area contributed by atoms with Crippen LogP contribution in [0.1, 0.15) is 15.9 Å². The molecular formula is C20H17N5O4S. The average molecular weight is 423 g/mol. The molecule has 0 saturated carbocycles. The van der Waals surface area contributed by atoms with Gasteiger partial charge in [0.15, 0.2) is 0 Å². The van der Waals surface area contributed by atoms with Crippen molar-refractivity contribution >= 4 is 15.9 Å². The second kappa shape index (κ2) is 8.06. The van der Waals surface area contributed by atoms with E-state index in [-0.39, 0.29) is 23.9 Å². The highest BCUT2D eigenvalue weighted by molar-refractivity contribution is 7.89. The molecule has 1 fully saturated rings. The molecule has 3 aromatic rings. The number of aromatic nitrogens is 2. The van der Waals surface area contributed by atoms with E-state index in [0.29, 0.717) is 35.7 Å². The van der Waals surface area contributed by atoms with Gasteiger partial charge in [0.2, 0.25) is 22.3 Å². The molecule has 2 aromatic carbocycles. The zero-order chi connectivity index (χ0) is 21.1. The predicted molar refractivity (Wildman–Crippen MR) is 106 cm³/mol. The maximum absolute atomic E-state index is 12.8. The fourth-order valence-electron chi connectivity index (χ4n) is 3.22. The molecule has 30 heavy (non-hydrogen) atoms. The van der Waals surface area contributed by atoms with Gasteiger partial charge in [-0.05, 0) is 48.5 Å². The van der Waals surface area contributed by atoms with Gasteiger partial charge in [-0.2, -0.15) is 9.57 Å². The SMILES string of the molecule is N#Cc1ccc(S(=O)(=O)N2CCN(C(=O)c3ccc(-c4nnco4)cc3)CC2)cc1. The fourth-order valence-corrected chi connectivity index (χ4v) is 4.64. The highest BCUT2D eigenvalue weighted by Gasteiger charge is 2.30. The third kappa shape index (κ3) is 3.80. The van der Waals surface area contributed by atoms with Crippen LogP contribution in [0.3, 0.4) is 0 Å². The number of amides is 1. The Morgan fingerprint density at radius 1 is 1.00 bits per heavy atom. The van der Waals surface area contributed by atoms with Gasteiger partial charge in [0.05, 0.1) is 16.5 Å². The highest BCUT2D eigenvalue weighted by Crippen LogP contribution is 2.20. The first-order valence-electron chi connectivity index (χ1n) is 9.15. The van der Waals surface area contributed by atoms with Crippen LogP contribution in [0.15, 0.2) is 64.2 Å². The summed E-state index contributed by atoms with van der Waals surface area (Å²) in [7, 11) is -3.67. The Labute approximate surface area is 173 Å². The minimum Gasteiger partial charge on any atom is -0.423 e. The number of benzene rings is 2. The lowest BCUT2D eigenvalue weighted by Crippen LogP contribution is -2.50. The third-order valence-corrected chi connectivity index (χ3v) is 6.80. The summed E-state index contributed by atoms with van der Waals surface area (Å²) in [5.74, 6) is 0.207. The molecule has 9 nitrogen and oxygen atoms in total. The number of nitriles is 1. The van der Waals surface area contributed by atoms with Gasteiger partial charge in [-0.25, -0.2) is 8.42 Å². The molecule has 1 aliphatic heterocycles. The minimum absolute atomic E-state index is 0.137. The molecule has 0 radical (unpaired) electrons. The third-order valence-electron chi connectivity index (χ3n) is 4.89. The topological polar surface area (TPSA) is 120 Å². The number of nitrogens with zero attached hydrogens (tertiary/aromatic N) is 5. The fraction of sp³-hybridized carbons (Fsp3) is 0.200. The van der Waals surface area contributed by atoms with Crippen LogP contribution in [-0.4, -0.2) is 59.9 Å². The number of sulfonamides is 1. The van der Waals surface area contributed by atoms with E-state index in [9.17, 15) is 13.2 Å². The van der Waals surface area contributed by atoms with Gasteiger partial charge >= 0.3 is 0 Å². The van der Waals surface area contributed by atoms with Gasteiger partial charge in [0, 0.05) is 37.3 Å². The van der Waals surface area contributed by atoms with Crippen LogP contribution in [0.2, 0.25) is 0 Å². The van der Waals surface area contributed by atoms with Crippen molar-refractivity contribution in [2.45, 2.75) is 4.90 Å². The smallest absolute Gasteiger partial charge is 0.253 e. The molecule has 10 heteroatoms. The van der Waals surface area contributed by atoms with Crippen molar-refractivity contribution in [1.82, 2.24) is 19.4 Å². The van der Waals surface area contributed by atoms with E-state index in [1.165, 1.54) is 35.0 Å². The summed E-state index contributed by atoms with van der Waals surface area (Å²) in [4.78, 5) is 14.5. The Balaban J connectivity index is 1.41. The Kier molecular flexibility index (Phi) is 5.31. The molecule has 2 heterocycles. The summed E-state index contributed by atoms with van der Waals surface area (Å²) < 4.78 is 32.1. The van der Waals surface area contributed by atoms with Crippen LogP contribution in [-0.2, 0) is 10.0 Å².